The molecule has 0 aromatic heterocycles. The molecule has 2 rings (SSSR count). The Morgan fingerprint density at radius 1 is 1.09 bits per heavy atom. The van der Waals surface area contributed by atoms with E-state index in [1.54, 1.807) is 11.8 Å². The van der Waals surface area contributed by atoms with Gasteiger partial charge in [-0.1, -0.05) is 63.6 Å². The van der Waals surface area contributed by atoms with E-state index in [1.807, 2.05) is 63.2 Å². The van der Waals surface area contributed by atoms with E-state index >= 15 is 0 Å². The minimum atomic E-state index is -0.622. The second kappa shape index (κ2) is 11.7. The summed E-state index contributed by atoms with van der Waals surface area (Å²) in [5.74, 6) is 0.193. The van der Waals surface area contributed by atoms with Gasteiger partial charge in [0.2, 0.25) is 5.91 Å². The Balaban J connectivity index is 2.18. The molecule has 5 nitrogen and oxygen atoms in total. The zero-order chi connectivity index (χ0) is 24.8. The lowest BCUT2D eigenvalue weighted by Gasteiger charge is -2.29. The van der Waals surface area contributed by atoms with Crippen molar-refractivity contribution < 1.29 is 14.3 Å². The molecular weight excluding hydrogens is 480 g/mol. The average Bonchev–Trinajstić information content (AvgIpc) is 2.76. The quantitative estimate of drug-likeness (QED) is 0.460. The molecule has 0 unspecified atom stereocenters. The van der Waals surface area contributed by atoms with E-state index in [9.17, 15) is 9.59 Å². The molecule has 0 heterocycles. The molecule has 2 aromatic carbocycles. The lowest BCUT2D eigenvalue weighted by atomic mass is 9.87. The number of nitrogens with zero attached hydrogens (tertiary/aromatic N) is 1. The average molecular weight is 518 g/mol. The molecule has 0 fully saturated rings. The normalized spacial score (nSPS) is 13.2. The van der Waals surface area contributed by atoms with Gasteiger partial charge in [-0.3, -0.25) is 9.59 Å². The van der Waals surface area contributed by atoms with E-state index in [0.717, 1.165) is 22.0 Å². The molecule has 0 radical (unpaired) electrons. The van der Waals surface area contributed by atoms with Crippen molar-refractivity contribution in [3.63, 3.8) is 0 Å². The van der Waals surface area contributed by atoms with Crippen LogP contribution < -0.4 is 10.1 Å². The van der Waals surface area contributed by atoms with Gasteiger partial charge in [0, 0.05) is 12.6 Å². The number of aryl methyl sites for hydroxylation is 1. The molecule has 2 amide bonds. The predicted octanol–water partition coefficient (Wildman–Crippen LogP) is 5.77. The van der Waals surface area contributed by atoms with E-state index in [0.29, 0.717) is 12.3 Å². The molecular formula is C27H37BrN2O3. The number of amides is 2. The van der Waals surface area contributed by atoms with Crippen LogP contribution in [0.3, 0.4) is 0 Å². The third-order valence-corrected chi connectivity index (χ3v) is 6.41. The zero-order valence-corrected chi connectivity index (χ0v) is 22.5. The largest absolute Gasteiger partial charge is 0.483 e. The number of ether oxygens (including phenoxy) is 1. The Labute approximate surface area is 207 Å². The molecule has 6 heteroatoms. The van der Waals surface area contributed by atoms with Crippen molar-refractivity contribution in [1.82, 2.24) is 10.2 Å². The highest BCUT2D eigenvalue weighted by Gasteiger charge is 2.27. The topological polar surface area (TPSA) is 58.6 Å². The fourth-order valence-corrected chi connectivity index (χ4v) is 3.74. The predicted molar refractivity (Wildman–Crippen MR) is 137 cm³/mol. The van der Waals surface area contributed by atoms with Crippen LogP contribution in [0.5, 0.6) is 5.75 Å². The van der Waals surface area contributed by atoms with Crippen LogP contribution in [-0.4, -0.2) is 35.4 Å². The maximum atomic E-state index is 13.2. The number of carbonyl (C=O) groups excluding carboxylic acids is 2. The van der Waals surface area contributed by atoms with E-state index in [1.165, 1.54) is 5.56 Å². The molecule has 0 bridgehead atoms. The van der Waals surface area contributed by atoms with Gasteiger partial charge in [-0.15, -0.1) is 0 Å². The first-order valence-electron chi connectivity index (χ1n) is 11.5. The SMILES string of the molecule is CC[C@H](C)NC(=O)[C@@H](C)N(Cc1ccc(C)cc1)C(=O)COc1ccc(C(C)(C)C)cc1Br. The van der Waals surface area contributed by atoms with Crippen LogP contribution in [0.2, 0.25) is 0 Å². The molecule has 0 spiro atoms. The number of halogens is 1. The zero-order valence-electron chi connectivity index (χ0n) is 20.9. The van der Waals surface area contributed by atoms with Gasteiger partial charge in [0.1, 0.15) is 11.8 Å². The molecule has 0 aliphatic rings. The van der Waals surface area contributed by atoms with Gasteiger partial charge in [0.15, 0.2) is 6.61 Å². The van der Waals surface area contributed by atoms with Gasteiger partial charge >= 0.3 is 0 Å². The first kappa shape index (κ1) is 26.9. The summed E-state index contributed by atoms with van der Waals surface area (Å²) in [6, 6.07) is 13.3. The summed E-state index contributed by atoms with van der Waals surface area (Å²) in [6.45, 7) is 14.4. The molecule has 33 heavy (non-hydrogen) atoms. The summed E-state index contributed by atoms with van der Waals surface area (Å²) >= 11 is 3.56. The highest BCUT2D eigenvalue weighted by molar-refractivity contribution is 9.10. The van der Waals surface area contributed by atoms with E-state index < -0.39 is 6.04 Å². The number of rotatable bonds is 9. The monoisotopic (exact) mass is 516 g/mol. The minimum Gasteiger partial charge on any atom is -0.483 e. The first-order valence-corrected chi connectivity index (χ1v) is 12.3. The van der Waals surface area contributed by atoms with Crippen LogP contribution in [0.4, 0.5) is 0 Å². The number of hydrogen-bond acceptors (Lipinski definition) is 3. The first-order chi connectivity index (χ1) is 15.4. The van der Waals surface area contributed by atoms with Crippen LogP contribution in [-0.2, 0) is 21.5 Å². The van der Waals surface area contributed by atoms with Crippen molar-refractivity contribution in [3.05, 3.63) is 63.6 Å². The Kier molecular flexibility index (Phi) is 9.53. The molecule has 2 aromatic rings. The van der Waals surface area contributed by atoms with Crippen molar-refractivity contribution in [2.45, 2.75) is 78.9 Å². The summed E-state index contributed by atoms with van der Waals surface area (Å²) in [7, 11) is 0. The number of carbonyl (C=O) groups is 2. The van der Waals surface area contributed by atoms with Crippen LogP contribution in [0, 0.1) is 6.92 Å². The number of nitrogens with one attached hydrogen (secondary N) is 1. The van der Waals surface area contributed by atoms with Gasteiger partial charge in [-0.05, 0) is 71.8 Å². The van der Waals surface area contributed by atoms with Crippen molar-refractivity contribution in [2.75, 3.05) is 6.61 Å². The highest BCUT2D eigenvalue weighted by Crippen LogP contribution is 2.31. The van der Waals surface area contributed by atoms with Gasteiger partial charge in [0.25, 0.3) is 5.91 Å². The Hall–Kier alpha value is -2.34. The van der Waals surface area contributed by atoms with Crippen molar-refractivity contribution in [1.29, 1.82) is 0 Å². The third-order valence-electron chi connectivity index (χ3n) is 5.79. The summed E-state index contributed by atoms with van der Waals surface area (Å²) < 4.78 is 6.67. The molecule has 2 atom stereocenters. The summed E-state index contributed by atoms with van der Waals surface area (Å²) in [5, 5.41) is 2.98. The Bertz CT molecular complexity index is 951. The van der Waals surface area contributed by atoms with Gasteiger partial charge in [-0.25, -0.2) is 0 Å². The molecule has 0 aliphatic heterocycles. The Morgan fingerprint density at radius 2 is 1.73 bits per heavy atom. The minimum absolute atomic E-state index is 0.0140. The van der Waals surface area contributed by atoms with E-state index in [2.05, 4.69) is 42.0 Å². The second-order valence-corrected chi connectivity index (χ2v) is 10.5. The van der Waals surface area contributed by atoms with Crippen LogP contribution >= 0.6 is 15.9 Å². The van der Waals surface area contributed by atoms with Crippen LogP contribution in [0.15, 0.2) is 46.9 Å². The van der Waals surface area contributed by atoms with E-state index in [-0.39, 0.29) is 29.9 Å². The summed E-state index contributed by atoms with van der Waals surface area (Å²) in [5.41, 5.74) is 3.29. The van der Waals surface area contributed by atoms with Crippen molar-refractivity contribution >= 4 is 27.7 Å². The fraction of sp³-hybridized carbons (Fsp3) is 0.481. The third kappa shape index (κ3) is 7.88. The molecule has 0 saturated carbocycles. The highest BCUT2D eigenvalue weighted by atomic mass is 79.9. The fourth-order valence-electron chi connectivity index (χ4n) is 3.25. The molecule has 1 N–H and O–H groups in total. The molecule has 0 aliphatic carbocycles. The number of hydrogen-bond donors (Lipinski definition) is 1. The Morgan fingerprint density at radius 3 is 2.27 bits per heavy atom. The van der Waals surface area contributed by atoms with Gasteiger partial charge < -0.3 is 15.0 Å². The standard InChI is InChI=1S/C27H37BrN2O3/c1-8-19(3)29-26(32)20(4)30(16-21-11-9-18(2)10-12-21)25(31)17-33-24-14-13-22(15-23(24)28)27(5,6)7/h9-15,19-20H,8,16-17H2,1-7H3,(H,29,32)/t19-,20+/m0/s1. The molecule has 180 valence electrons. The van der Waals surface area contributed by atoms with Gasteiger partial charge in [0.05, 0.1) is 4.47 Å². The van der Waals surface area contributed by atoms with Gasteiger partial charge in [-0.2, -0.15) is 0 Å². The second-order valence-electron chi connectivity index (χ2n) is 9.68. The smallest absolute Gasteiger partial charge is 0.261 e. The van der Waals surface area contributed by atoms with E-state index in [4.69, 9.17) is 4.74 Å². The lowest BCUT2D eigenvalue weighted by molar-refractivity contribution is -0.142. The summed E-state index contributed by atoms with van der Waals surface area (Å²) in [6.07, 6.45) is 0.825. The summed E-state index contributed by atoms with van der Waals surface area (Å²) in [4.78, 5) is 27.6. The van der Waals surface area contributed by atoms with Crippen molar-refractivity contribution in [3.8, 4) is 5.75 Å². The lowest BCUT2D eigenvalue weighted by Crippen LogP contribution is -2.50. The molecule has 0 saturated heterocycles. The number of benzene rings is 2. The van der Waals surface area contributed by atoms with Crippen LogP contribution in [0.25, 0.3) is 0 Å². The van der Waals surface area contributed by atoms with Crippen LogP contribution in [0.1, 0.15) is 64.7 Å². The van der Waals surface area contributed by atoms with Crippen molar-refractivity contribution in [2.24, 2.45) is 0 Å². The maximum Gasteiger partial charge on any atom is 0.261 e. The maximum absolute atomic E-state index is 13.2.